The summed E-state index contributed by atoms with van der Waals surface area (Å²) in [5.74, 6) is -0.121. The van der Waals surface area contributed by atoms with Crippen molar-refractivity contribution in [2.24, 2.45) is 0 Å². The molecule has 0 aliphatic heterocycles. The van der Waals surface area contributed by atoms with Crippen LogP contribution in [0, 0.1) is 0 Å². The molecule has 1 aromatic carbocycles. The van der Waals surface area contributed by atoms with Gasteiger partial charge in [-0.05, 0) is 18.1 Å². The van der Waals surface area contributed by atoms with Gasteiger partial charge in [-0.3, -0.25) is 4.79 Å². The first-order valence-electron chi connectivity index (χ1n) is 7.08. The Labute approximate surface area is 129 Å². The molecule has 6 heteroatoms. The van der Waals surface area contributed by atoms with Crippen LogP contribution in [0.5, 0.6) is 0 Å². The van der Waals surface area contributed by atoms with Crippen molar-refractivity contribution >= 4 is 23.2 Å². The molecule has 2 aromatic rings. The van der Waals surface area contributed by atoms with Crippen LogP contribution in [0.2, 0.25) is 0 Å². The maximum absolute atomic E-state index is 12.2. The van der Waals surface area contributed by atoms with Gasteiger partial charge in [0.1, 0.15) is 0 Å². The number of carbonyl (C=O) groups excluding carboxylic acids is 1. The first kappa shape index (κ1) is 15.6. The predicted molar refractivity (Wildman–Crippen MR) is 87.1 cm³/mol. The number of carbonyl (C=O) groups is 1. The van der Waals surface area contributed by atoms with E-state index in [1.807, 2.05) is 37.3 Å². The minimum atomic E-state index is -0.282. The second kappa shape index (κ2) is 7.31. The third-order valence-electron chi connectivity index (χ3n) is 3.29. The first-order chi connectivity index (χ1) is 10.6. The largest absolute Gasteiger partial charge is 0.444 e. The summed E-state index contributed by atoms with van der Waals surface area (Å²) in [5, 5.41) is 2.87. The number of esters is 1. The molecular weight excluding hydrogens is 280 g/mol. The Morgan fingerprint density at radius 3 is 2.68 bits per heavy atom. The second-order valence-electron chi connectivity index (χ2n) is 4.86. The highest BCUT2D eigenvalue weighted by atomic mass is 16.5. The number of rotatable bonds is 6. The van der Waals surface area contributed by atoms with Crippen LogP contribution in [0.25, 0.3) is 0 Å². The van der Waals surface area contributed by atoms with Gasteiger partial charge in [0, 0.05) is 0 Å². The maximum atomic E-state index is 12.2. The highest BCUT2D eigenvalue weighted by Crippen LogP contribution is 2.21. The number of ether oxygens (including phenoxy) is 1. The summed E-state index contributed by atoms with van der Waals surface area (Å²) in [6, 6.07) is 11.2. The summed E-state index contributed by atoms with van der Waals surface area (Å²) in [5.41, 5.74) is 13.2. The van der Waals surface area contributed by atoms with Crippen molar-refractivity contribution in [2.45, 2.75) is 19.3 Å². The minimum Gasteiger partial charge on any atom is -0.444 e. The molecule has 1 atom stereocenters. The molecule has 0 fully saturated rings. The van der Waals surface area contributed by atoms with Crippen LogP contribution in [0.4, 0.5) is 17.2 Å². The van der Waals surface area contributed by atoms with Crippen molar-refractivity contribution in [1.29, 1.82) is 0 Å². The number of pyridine rings is 1. The van der Waals surface area contributed by atoms with Gasteiger partial charge in [0.05, 0.1) is 23.5 Å². The molecule has 1 aromatic heterocycles. The molecule has 1 heterocycles. The summed E-state index contributed by atoms with van der Waals surface area (Å²) in [6.45, 7) is 1.95. The lowest BCUT2D eigenvalue weighted by atomic mass is 9.97. The third-order valence-corrected chi connectivity index (χ3v) is 3.29. The molecule has 116 valence electrons. The number of anilines is 3. The SMILES string of the molecule is CCC(C(=O)OCNc1ncc(N)cc1N)c1ccccc1. The van der Waals surface area contributed by atoms with Crippen LogP contribution < -0.4 is 16.8 Å². The maximum Gasteiger partial charge on any atom is 0.315 e. The van der Waals surface area contributed by atoms with E-state index >= 15 is 0 Å². The van der Waals surface area contributed by atoms with Crippen molar-refractivity contribution in [1.82, 2.24) is 4.98 Å². The molecule has 1 unspecified atom stereocenters. The second-order valence-corrected chi connectivity index (χ2v) is 4.86. The monoisotopic (exact) mass is 300 g/mol. The van der Waals surface area contributed by atoms with Gasteiger partial charge in [-0.25, -0.2) is 4.98 Å². The van der Waals surface area contributed by atoms with Gasteiger partial charge in [-0.15, -0.1) is 0 Å². The molecule has 0 aliphatic carbocycles. The van der Waals surface area contributed by atoms with E-state index in [9.17, 15) is 4.79 Å². The Hall–Kier alpha value is -2.76. The number of hydrogen-bond acceptors (Lipinski definition) is 6. The number of nitrogens with one attached hydrogen (secondary N) is 1. The highest BCUT2D eigenvalue weighted by molar-refractivity contribution is 5.78. The molecule has 0 spiro atoms. The predicted octanol–water partition coefficient (Wildman–Crippen LogP) is 2.35. The number of aromatic nitrogens is 1. The van der Waals surface area contributed by atoms with Crippen LogP contribution in [0.15, 0.2) is 42.6 Å². The van der Waals surface area contributed by atoms with E-state index in [2.05, 4.69) is 10.3 Å². The molecule has 2 rings (SSSR count). The number of benzene rings is 1. The van der Waals surface area contributed by atoms with Crippen molar-refractivity contribution in [3.63, 3.8) is 0 Å². The zero-order chi connectivity index (χ0) is 15.9. The van der Waals surface area contributed by atoms with Crippen molar-refractivity contribution < 1.29 is 9.53 Å². The number of nitrogen functional groups attached to an aromatic ring is 2. The van der Waals surface area contributed by atoms with Crippen molar-refractivity contribution in [3.05, 3.63) is 48.2 Å². The van der Waals surface area contributed by atoms with Crippen LogP contribution in [0.1, 0.15) is 24.8 Å². The quantitative estimate of drug-likeness (QED) is 0.559. The van der Waals surface area contributed by atoms with E-state index in [4.69, 9.17) is 16.2 Å². The summed E-state index contributed by atoms with van der Waals surface area (Å²) in [6.07, 6.45) is 2.16. The zero-order valence-electron chi connectivity index (χ0n) is 12.5. The average Bonchev–Trinajstić information content (AvgIpc) is 2.51. The topological polar surface area (TPSA) is 103 Å². The molecular formula is C16H20N4O2. The lowest BCUT2D eigenvalue weighted by Gasteiger charge is -2.15. The van der Waals surface area contributed by atoms with Crippen LogP contribution in [0.3, 0.4) is 0 Å². The summed E-state index contributed by atoms with van der Waals surface area (Å²) >= 11 is 0. The lowest BCUT2D eigenvalue weighted by molar-refractivity contribution is -0.144. The molecule has 0 saturated carbocycles. The number of hydrogen-bond donors (Lipinski definition) is 3. The molecule has 0 bridgehead atoms. The van der Waals surface area contributed by atoms with Crippen LogP contribution in [-0.4, -0.2) is 17.7 Å². The summed E-state index contributed by atoms with van der Waals surface area (Å²) < 4.78 is 5.26. The fraction of sp³-hybridized carbons (Fsp3) is 0.250. The van der Waals surface area contributed by atoms with E-state index in [1.54, 1.807) is 6.07 Å². The Morgan fingerprint density at radius 2 is 2.05 bits per heavy atom. The number of nitrogens with two attached hydrogens (primary N) is 2. The smallest absolute Gasteiger partial charge is 0.315 e. The fourth-order valence-electron chi connectivity index (χ4n) is 2.15. The van der Waals surface area contributed by atoms with Gasteiger partial charge >= 0.3 is 5.97 Å². The van der Waals surface area contributed by atoms with E-state index in [0.29, 0.717) is 23.6 Å². The molecule has 0 amide bonds. The number of nitrogens with zero attached hydrogens (tertiary/aromatic N) is 1. The van der Waals surface area contributed by atoms with Crippen molar-refractivity contribution in [3.8, 4) is 0 Å². The van der Waals surface area contributed by atoms with Crippen LogP contribution in [-0.2, 0) is 9.53 Å². The summed E-state index contributed by atoms with van der Waals surface area (Å²) in [4.78, 5) is 16.2. The van der Waals surface area contributed by atoms with Crippen LogP contribution >= 0.6 is 0 Å². The lowest BCUT2D eigenvalue weighted by Crippen LogP contribution is -2.19. The van der Waals surface area contributed by atoms with E-state index in [0.717, 1.165) is 5.56 Å². The van der Waals surface area contributed by atoms with E-state index < -0.39 is 0 Å². The molecule has 5 N–H and O–H groups in total. The molecule has 22 heavy (non-hydrogen) atoms. The molecule has 6 nitrogen and oxygen atoms in total. The molecule has 0 saturated heterocycles. The van der Waals surface area contributed by atoms with Crippen molar-refractivity contribution in [2.75, 3.05) is 23.5 Å². The first-order valence-corrected chi connectivity index (χ1v) is 7.08. The average molecular weight is 300 g/mol. The summed E-state index contributed by atoms with van der Waals surface area (Å²) in [7, 11) is 0. The van der Waals surface area contributed by atoms with Gasteiger partial charge in [-0.2, -0.15) is 0 Å². The van der Waals surface area contributed by atoms with Gasteiger partial charge in [0.15, 0.2) is 12.5 Å². The van der Waals surface area contributed by atoms with Gasteiger partial charge in [0.25, 0.3) is 0 Å². The van der Waals surface area contributed by atoms with E-state index in [-0.39, 0.29) is 18.6 Å². The fourth-order valence-corrected chi connectivity index (χ4v) is 2.15. The molecule has 0 radical (unpaired) electrons. The Kier molecular flexibility index (Phi) is 5.19. The van der Waals surface area contributed by atoms with Gasteiger partial charge < -0.3 is 21.5 Å². The Bertz CT molecular complexity index is 631. The van der Waals surface area contributed by atoms with Gasteiger partial charge in [-0.1, -0.05) is 37.3 Å². The normalized spacial score (nSPS) is 11.7. The zero-order valence-corrected chi connectivity index (χ0v) is 12.5. The van der Waals surface area contributed by atoms with Gasteiger partial charge in [0.2, 0.25) is 0 Å². The Morgan fingerprint density at radius 1 is 1.32 bits per heavy atom. The highest BCUT2D eigenvalue weighted by Gasteiger charge is 2.19. The minimum absolute atomic E-state index is 0.00326. The standard InChI is InChI=1S/C16H20N4O2/c1-2-13(11-6-4-3-5-7-11)16(21)22-10-20-15-14(18)8-12(17)9-19-15/h3-9,13H,2,10,17-18H2,1H3,(H,19,20). The van der Waals surface area contributed by atoms with E-state index in [1.165, 1.54) is 6.20 Å². The Balaban J connectivity index is 1.92. The molecule has 0 aliphatic rings. The third kappa shape index (κ3) is 3.88.